The summed E-state index contributed by atoms with van der Waals surface area (Å²) in [5.74, 6) is -0.934. The molecule has 3 N–H and O–H groups in total. The molecule has 1 aromatic rings. The number of benzene rings is 1. The molecule has 0 saturated heterocycles. The van der Waals surface area contributed by atoms with E-state index < -0.39 is 5.97 Å². The van der Waals surface area contributed by atoms with Crippen LogP contribution < -0.4 is 0 Å². The van der Waals surface area contributed by atoms with Crippen molar-refractivity contribution < 1.29 is 20.1 Å². The van der Waals surface area contributed by atoms with Crippen molar-refractivity contribution in [1.29, 1.82) is 0 Å². The lowest BCUT2D eigenvalue weighted by molar-refractivity contribution is 0.0697. The van der Waals surface area contributed by atoms with Gasteiger partial charge in [-0.2, -0.15) is 0 Å². The third-order valence-corrected chi connectivity index (χ3v) is 1.72. The molecule has 0 heterocycles. The van der Waals surface area contributed by atoms with Gasteiger partial charge in [0.25, 0.3) is 0 Å². The Morgan fingerprint density at radius 1 is 1.12 bits per heavy atom. The number of hydrogen-bond donors (Lipinski definition) is 3. The molecule has 1 rings (SSSR count). The monoisotopic (exact) mass is 244 g/mol. The Kier molecular flexibility index (Phi) is 8.15. The van der Waals surface area contributed by atoms with Crippen LogP contribution in [0.2, 0.25) is 5.02 Å². The Morgan fingerprint density at radius 2 is 1.56 bits per heavy atom. The van der Waals surface area contributed by atoms with E-state index in [0.717, 1.165) is 0 Å². The molecule has 0 aromatic heterocycles. The zero-order valence-electron chi connectivity index (χ0n) is 8.51. The molecule has 1 aromatic carbocycles. The molecule has 5 heteroatoms. The van der Waals surface area contributed by atoms with Crippen molar-refractivity contribution in [2.24, 2.45) is 0 Å². The average molecular weight is 245 g/mol. The highest BCUT2D eigenvalue weighted by molar-refractivity contribution is 6.30. The van der Waals surface area contributed by atoms with Gasteiger partial charge in [-0.05, 0) is 24.3 Å². The van der Waals surface area contributed by atoms with E-state index in [-0.39, 0.29) is 18.8 Å². The number of carboxylic acids is 1. The predicted molar refractivity (Wildman–Crippen MR) is 61.7 cm³/mol. The van der Waals surface area contributed by atoms with Crippen molar-refractivity contribution >= 4 is 17.6 Å². The van der Waals surface area contributed by atoms with E-state index in [1.54, 1.807) is 12.1 Å². The highest BCUT2D eigenvalue weighted by atomic mass is 35.5. The fourth-order valence-electron chi connectivity index (χ4n) is 0.742. The van der Waals surface area contributed by atoms with Crippen molar-refractivity contribution in [3.63, 3.8) is 0 Å². The summed E-state index contributed by atoms with van der Waals surface area (Å²) in [6.45, 7) is 0.0289. The molecule has 0 atom stereocenters. The summed E-state index contributed by atoms with van der Waals surface area (Å²) in [4.78, 5) is 10.3. The molecule has 0 radical (unpaired) electrons. The second-order valence-corrected chi connectivity index (χ2v) is 3.09. The minimum Gasteiger partial charge on any atom is -0.478 e. The van der Waals surface area contributed by atoms with Crippen LogP contribution in [0.15, 0.2) is 36.4 Å². The van der Waals surface area contributed by atoms with E-state index >= 15 is 0 Å². The number of carbonyl (C=O) groups is 1. The van der Waals surface area contributed by atoms with Crippen LogP contribution in [-0.4, -0.2) is 34.5 Å². The Bertz CT molecular complexity index is 326. The fourth-order valence-corrected chi connectivity index (χ4v) is 0.868. The van der Waals surface area contributed by atoms with E-state index in [1.807, 2.05) is 0 Å². The summed E-state index contributed by atoms with van der Waals surface area (Å²) in [6, 6.07) is 6.02. The van der Waals surface area contributed by atoms with Gasteiger partial charge in [-0.25, -0.2) is 4.79 Å². The normalized spacial score (nSPS) is 9.69. The summed E-state index contributed by atoms with van der Waals surface area (Å²) in [6.07, 6.45) is 2.97. The van der Waals surface area contributed by atoms with Crippen LogP contribution in [0, 0.1) is 0 Å². The standard InChI is InChI=1S/C7H5ClO2.C4H8O2/c8-6-3-1-5(2-4-6)7(9)10;5-3-1-2-4-6/h1-4H,(H,9,10);1-2,5-6H,3-4H2. The van der Waals surface area contributed by atoms with Crippen LogP contribution in [0.3, 0.4) is 0 Å². The minimum atomic E-state index is -0.934. The second kappa shape index (κ2) is 8.91. The number of hydrogen-bond acceptors (Lipinski definition) is 3. The van der Waals surface area contributed by atoms with Gasteiger partial charge in [0.05, 0.1) is 18.8 Å². The molecule has 0 aliphatic carbocycles. The van der Waals surface area contributed by atoms with Gasteiger partial charge in [0.15, 0.2) is 0 Å². The number of rotatable bonds is 3. The van der Waals surface area contributed by atoms with E-state index in [4.69, 9.17) is 26.9 Å². The average Bonchev–Trinajstić information content (AvgIpc) is 2.28. The molecule has 0 amide bonds. The molecule has 0 spiro atoms. The molecule has 4 nitrogen and oxygen atoms in total. The highest BCUT2D eigenvalue weighted by Gasteiger charge is 1.99. The SMILES string of the molecule is O=C(O)c1ccc(Cl)cc1.OCC=CCO. The number of aliphatic hydroxyl groups is 2. The Balaban J connectivity index is 0.000000325. The van der Waals surface area contributed by atoms with Gasteiger partial charge >= 0.3 is 5.97 Å². The largest absolute Gasteiger partial charge is 0.478 e. The van der Waals surface area contributed by atoms with E-state index in [2.05, 4.69) is 0 Å². The molecular formula is C11H13ClO4. The minimum absolute atomic E-state index is 0.0144. The van der Waals surface area contributed by atoms with Crippen LogP contribution in [0.1, 0.15) is 10.4 Å². The van der Waals surface area contributed by atoms with E-state index in [0.29, 0.717) is 5.02 Å². The van der Waals surface area contributed by atoms with Crippen molar-refractivity contribution in [3.05, 3.63) is 47.0 Å². The molecule has 88 valence electrons. The Hall–Kier alpha value is -1.36. The van der Waals surface area contributed by atoms with Crippen LogP contribution in [0.4, 0.5) is 0 Å². The molecule has 0 aliphatic heterocycles. The lowest BCUT2D eigenvalue weighted by atomic mass is 10.2. The molecule has 0 bridgehead atoms. The van der Waals surface area contributed by atoms with Gasteiger partial charge in [0, 0.05) is 5.02 Å². The third-order valence-electron chi connectivity index (χ3n) is 1.47. The van der Waals surface area contributed by atoms with Crippen molar-refractivity contribution in [3.8, 4) is 0 Å². The maximum atomic E-state index is 10.3. The highest BCUT2D eigenvalue weighted by Crippen LogP contribution is 2.08. The molecule has 0 unspecified atom stereocenters. The molecule has 0 aliphatic rings. The third kappa shape index (κ3) is 7.00. The zero-order chi connectivity index (χ0) is 12.4. The van der Waals surface area contributed by atoms with Gasteiger partial charge in [-0.15, -0.1) is 0 Å². The Morgan fingerprint density at radius 3 is 1.88 bits per heavy atom. The Labute approximate surface area is 98.4 Å². The molecule has 0 saturated carbocycles. The van der Waals surface area contributed by atoms with Gasteiger partial charge in [0.1, 0.15) is 0 Å². The number of carboxylic acid groups (broad SMARTS) is 1. The summed E-state index contributed by atoms with van der Waals surface area (Å²) >= 11 is 5.52. The first-order valence-corrected chi connectivity index (χ1v) is 4.85. The maximum absolute atomic E-state index is 10.3. The smallest absolute Gasteiger partial charge is 0.335 e. The fraction of sp³-hybridized carbons (Fsp3) is 0.182. The topological polar surface area (TPSA) is 77.8 Å². The van der Waals surface area contributed by atoms with Gasteiger partial charge < -0.3 is 15.3 Å². The van der Waals surface area contributed by atoms with Gasteiger partial charge in [-0.1, -0.05) is 23.8 Å². The second-order valence-electron chi connectivity index (χ2n) is 2.65. The van der Waals surface area contributed by atoms with Crippen LogP contribution in [0.5, 0.6) is 0 Å². The summed E-state index contributed by atoms with van der Waals surface area (Å²) in [7, 11) is 0. The first-order chi connectivity index (χ1) is 7.61. The van der Waals surface area contributed by atoms with E-state index in [9.17, 15) is 4.79 Å². The first-order valence-electron chi connectivity index (χ1n) is 4.47. The number of aliphatic hydroxyl groups excluding tert-OH is 2. The first kappa shape index (κ1) is 14.6. The molecule has 16 heavy (non-hydrogen) atoms. The summed E-state index contributed by atoms with van der Waals surface area (Å²) in [5, 5.41) is 25.0. The number of aromatic carboxylic acids is 1. The zero-order valence-corrected chi connectivity index (χ0v) is 9.26. The van der Waals surface area contributed by atoms with Crippen LogP contribution >= 0.6 is 11.6 Å². The van der Waals surface area contributed by atoms with Crippen LogP contribution in [0.25, 0.3) is 0 Å². The van der Waals surface area contributed by atoms with Crippen molar-refractivity contribution in [2.45, 2.75) is 0 Å². The van der Waals surface area contributed by atoms with Gasteiger partial charge in [-0.3, -0.25) is 0 Å². The predicted octanol–water partition coefficient (Wildman–Crippen LogP) is 1.57. The molecule has 0 fully saturated rings. The molecular weight excluding hydrogens is 232 g/mol. The summed E-state index contributed by atoms with van der Waals surface area (Å²) in [5.41, 5.74) is 0.254. The van der Waals surface area contributed by atoms with Crippen LogP contribution in [-0.2, 0) is 0 Å². The van der Waals surface area contributed by atoms with Crippen molar-refractivity contribution in [1.82, 2.24) is 0 Å². The van der Waals surface area contributed by atoms with Crippen molar-refractivity contribution in [2.75, 3.05) is 13.2 Å². The van der Waals surface area contributed by atoms with Gasteiger partial charge in [0.2, 0.25) is 0 Å². The van der Waals surface area contributed by atoms with E-state index in [1.165, 1.54) is 24.3 Å². The lowest BCUT2D eigenvalue weighted by Gasteiger charge is -1.91. The lowest BCUT2D eigenvalue weighted by Crippen LogP contribution is -1.94. The number of halogens is 1. The summed E-state index contributed by atoms with van der Waals surface area (Å²) < 4.78 is 0. The quantitative estimate of drug-likeness (QED) is 0.706. The maximum Gasteiger partial charge on any atom is 0.335 e.